The van der Waals surface area contributed by atoms with Gasteiger partial charge < -0.3 is 0 Å². The molecular formula is C22H30N4. The first-order valence-corrected chi connectivity index (χ1v) is 10.2. The normalized spacial score (nSPS) is 22.0. The van der Waals surface area contributed by atoms with E-state index in [0.29, 0.717) is 0 Å². The molecule has 4 nitrogen and oxygen atoms in total. The highest BCUT2D eigenvalue weighted by molar-refractivity contribution is 5.20. The van der Waals surface area contributed by atoms with E-state index in [1.165, 1.54) is 76.1 Å². The molecule has 0 spiro atoms. The summed E-state index contributed by atoms with van der Waals surface area (Å²) in [6, 6.07) is 13.3. The average Bonchev–Trinajstić information content (AvgIpc) is 2.74. The summed E-state index contributed by atoms with van der Waals surface area (Å²) in [4.78, 5) is 14.9. The lowest BCUT2D eigenvalue weighted by Crippen LogP contribution is -2.45. The largest absolute Gasteiger partial charge is 0.293 e. The van der Waals surface area contributed by atoms with Crippen molar-refractivity contribution in [3.63, 3.8) is 0 Å². The molecule has 4 rings (SSSR count). The van der Waals surface area contributed by atoms with Gasteiger partial charge in [-0.3, -0.25) is 19.8 Å². The summed E-state index contributed by atoms with van der Waals surface area (Å²) < 4.78 is 0. The van der Waals surface area contributed by atoms with Gasteiger partial charge >= 0.3 is 0 Å². The number of hydrogen-bond donors (Lipinski definition) is 0. The highest BCUT2D eigenvalue weighted by Gasteiger charge is 2.37. The van der Waals surface area contributed by atoms with E-state index in [9.17, 15) is 0 Å². The van der Waals surface area contributed by atoms with Gasteiger partial charge in [0.2, 0.25) is 0 Å². The Labute approximate surface area is 157 Å². The lowest BCUT2D eigenvalue weighted by molar-refractivity contribution is 0.0475. The van der Waals surface area contributed by atoms with E-state index in [2.05, 4.69) is 34.1 Å². The quantitative estimate of drug-likeness (QED) is 0.808. The number of aromatic nitrogens is 2. The van der Waals surface area contributed by atoms with Gasteiger partial charge in [0.1, 0.15) is 0 Å². The van der Waals surface area contributed by atoms with Crippen molar-refractivity contribution in [3.05, 3.63) is 60.2 Å². The van der Waals surface area contributed by atoms with Crippen molar-refractivity contribution in [1.29, 1.82) is 0 Å². The minimum Gasteiger partial charge on any atom is -0.293 e. The summed E-state index contributed by atoms with van der Waals surface area (Å²) >= 11 is 0. The highest BCUT2D eigenvalue weighted by atomic mass is 15.3. The zero-order valence-corrected chi connectivity index (χ0v) is 15.6. The third kappa shape index (κ3) is 3.97. The number of hydrogen-bond acceptors (Lipinski definition) is 4. The van der Waals surface area contributed by atoms with Crippen molar-refractivity contribution >= 4 is 0 Å². The molecule has 0 bridgehead atoms. The van der Waals surface area contributed by atoms with Crippen molar-refractivity contribution in [3.8, 4) is 0 Å². The number of pyridine rings is 2. The van der Waals surface area contributed by atoms with Gasteiger partial charge in [-0.05, 0) is 76.1 Å². The topological polar surface area (TPSA) is 32.3 Å². The van der Waals surface area contributed by atoms with Crippen LogP contribution in [-0.4, -0.2) is 45.9 Å². The van der Waals surface area contributed by atoms with Crippen LogP contribution in [0.25, 0.3) is 0 Å². The Kier molecular flexibility index (Phi) is 5.92. The van der Waals surface area contributed by atoms with Gasteiger partial charge in [0, 0.05) is 12.4 Å². The van der Waals surface area contributed by atoms with Crippen LogP contribution in [0.4, 0.5) is 0 Å². The predicted octanol–water partition coefficient (Wildman–Crippen LogP) is 4.23. The monoisotopic (exact) mass is 350 g/mol. The van der Waals surface area contributed by atoms with Gasteiger partial charge in [-0.25, -0.2) is 0 Å². The maximum Gasteiger partial charge on any atom is 0.0735 e. The highest BCUT2D eigenvalue weighted by Crippen LogP contribution is 2.39. The third-order valence-corrected chi connectivity index (χ3v) is 5.85. The molecular weight excluding hydrogens is 320 g/mol. The van der Waals surface area contributed by atoms with Crippen molar-refractivity contribution in [2.24, 2.45) is 0 Å². The van der Waals surface area contributed by atoms with Crippen molar-refractivity contribution < 1.29 is 0 Å². The predicted molar refractivity (Wildman–Crippen MR) is 105 cm³/mol. The SMILES string of the molecule is c1ccc([C@@H]([C@H](c2ccccn2)N2CCCCC2)N2CCCCC2)nc1. The lowest BCUT2D eigenvalue weighted by Gasteiger charge is -2.44. The first-order chi connectivity index (χ1) is 12.9. The van der Waals surface area contributed by atoms with E-state index in [1.807, 2.05) is 24.5 Å². The van der Waals surface area contributed by atoms with Crippen LogP contribution in [0.5, 0.6) is 0 Å². The third-order valence-electron chi connectivity index (χ3n) is 5.85. The Morgan fingerprint density at radius 1 is 0.577 bits per heavy atom. The van der Waals surface area contributed by atoms with E-state index in [0.717, 1.165) is 0 Å². The molecule has 2 aliphatic heterocycles. The number of rotatable bonds is 5. The second-order valence-electron chi connectivity index (χ2n) is 7.59. The van der Waals surface area contributed by atoms with Crippen molar-refractivity contribution in [2.45, 2.75) is 50.6 Å². The average molecular weight is 351 g/mol. The molecule has 2 aromatic rings. The Hall–Kier alpha value is -1.78. The molecule has 0 saturated carbocycles. The summed E-state index contributed by atoms with van der Waals surface area (Å²) in [6.45, 7) is 4.66. The second kappa shape index (κ2) is 8.74. The van der Waals surface area contributed by atoms with E-state index >= 15 is 0 Å². The van der Waals surface area contributed by atoms with Crippen LogP contribution >= 0.6 is 0 Å². The summed E-state index contributed by atoms with van der Waals surface area (Å²) in [7, 11) is 0. The maximum absolute atomic E-state index is 4.80. The van der Waals surface area contributed by atoms with E-state index < -0.39 is 0 Å². The first kappa shape index (κ1) is 17.6. The first-order valence-electron chi connectivity index (χ1n) is 10.2. The Bertz CT molecular complexity index is 589. The van der Waals surface area contributed by atoms with Crippen molar-refractivity contribution in [1.82, 2.24) is 19.8 Å². The molecule has 2 aliphatic rings. The Morgan fingerprint density at radius 2 is 1.00 bits per heavy atom. The van der Waals surface area contributed by atoms with E-state index in [-0.39, 0.29) is 12.1 Å². The molecule has 0 aliphatic carbocycles. The Balaban J connectivity index is 1.74. The van der Waals surface area contributed by atoms with Gasteiger partial charge in [0.15, 0.2) is 0 Å². The zero-order chi connectivity index (χ0) is 17.6. The second-order valence-corrected chi connectivity index (χ2v) is 7.59. The molecule has 4 heterocycles. The lowest BCUT2D eigenvalue weighted by atomic mass is 9.93. The van der Waals surface area contributed by atoms with Gasteiger partial charge in [-0.2, -0.15) is 0 Å². The fraction of sp³-hybridized carbons (Fsp3) is 0.545. The molecule has 4 heteroatoms. The van der Waals surface area contributed by atoms with Crippen LogP contribution in [-0.2, 0) is 0 Å². The fourth-order valence-corrected chi connectivity index (χ4v) is 4.59. The summed E-state index contributed by atoms with van der Waals surface area (Å²) in [5.74, 6) is 0. The number of nitrogens with zero attached hydrogens (tertiary/aromatic N) is 4. The molecule has 0 radical (unpaired) electrons. The van der Waals surface area contributed by atoms with Gasteiger partial charge in [0.25, 0.3) is 0 Å². The fourth-order valence-electron chi connectivity index (χ4n) is 4.59. The van der Waals surface area contributed by atoms with Crippen LogP contribution in [0.15, 0.2) is 48.8 Å². The summed E-state index contributed by atoms with van der Waals surface area (Å²) in [5, 5.41) is 0. The molecule has 0 unspecified atom stereocenters. The van der Waals surface area contributed by atoms with Crippen molar-refractivity contribution in [2.75, 3.05) is 26.2 Å². The number of likely N-dealkylation sites (tertiary alicyclic amines) is 2. The molecule has 26 heavy (non-hydrogen) atoms. The minimum atomic E-state index is 0.282. The van der Waals surface area contributed by atoms with Crippen LogP contribution in [0.2, 0.25) is 0 Å². The van der Waals surface area contributed by atoms with Crippen LogP contribution in [0.3, 0.4) is 0 Å². The maximum atomic E-state index is 4.80. The molecule has 0 aromatic carbocycles. The smallest absolute Gasteiger partial charge is 0.0735 e. The molecule has 2 saturated heterocycles. The van der Waals surface area contributed by atoms with Crippen LogP contribution in [0, 0.1) is 0 Å². The van der Waals surface area contributed by atoms with Crippen LogP contribution in [0.1, 0.15) is 62.0 Å². The van der Waals surface area contributed by atoms with Gasteiger partial charge in [0.05, 0.1) is 23.5 Å². The van der Waals surface area contributed by atoms with Gasteiger partial charge in [-0.1, -0.05) is 25.0 Å². The summed E-state index contributed by atoms with van der Waals surface area (Å²) in [5.41, 5.74) is 2.38. The standard InChI is InChI=1S/C22H30N4/c1-7-15-25(16-8-1)21(19-11-3-5-13-23-19)22(20-12-4-6-14-24-20)26-17-9-2-10-18-26/h3-6,11-14,21-22H,1-2,7-10,15-18H2/t21-,22-/m0/s1. The molecule has 0 amide bonds. The van der Waals surface area contributed by atoms with Gasteiger partial charge in [-0.15, -0.1) is 0 Å². The summed E-state index contributed by atoms with van der Waals surface area (Å²) in [6.07, 6.45) is 11.7. The number of piperidine rings is 2. The minimum absolute atomic E-state index is 0.282. The van der Waals surface area contributed by atoms with Crippen LogP contribution < -0.4 is 0 Å². The molecule has 0 N–H and O–H groups in total. The zero-order valence-electron chi connectivity index (χ0n) is 15.6. The van der Waals surface area contributed by atoms with E-state index in [4.69, 9.17) is 9.97 Å². The molecule has 2 aromatic heterocycles. The molecule has 138 valence electrons. The molecule has 2 atom stereocenters. The Morgan fingerprint density at radius 3 is 1.35 bits per heavy atom. The molecule has 2 fully saturated rings. The van der Waals surface area contributed by atoms with E-state index in [1.54, 1.807) is 0 Å².